The minimum Gasteiger partial charge on any atom is -0.494 e. The van der Waals surface area contributed by atoms with Crippen LogP contribution in [0.4, 0.5) is 0 Å². The predicted octanol–water partition coefficient (Wildman–Crippen LogP) is 4.02. The molecule has 2 heterocycles. The highest BCUT2D eigenvalue weighted by molar-refractivity contribution is 6.12. The lowest BCUT2D eigenvalue weighted by molar-refractivity contribution is 0.101. The van der Waals surface area contributed by atoms with Crippen molar-refractivity contribution in [3.63, 3.8) is 0 Å². The number of benzene rings is 2. The maximum atomic E-state index is 12.5. The van der Waals surface area contributed by atoms with Gasteiger partial charge in [-0.05, 0) is 42.8 Å². The Bertz CT molecular complexity index is 877. The van der Waals surface area contributed by atoms with Crippen LogP contribution in [-0.2, 0) is 0 Å². The van der Waals surface area contributed by atoms with Gasteiger partial charge >= 0.3 is 0 Å². The zero-order valence-electron chi connectivity index (χ0n) is 13.2. The van der Waals surface area contributed by atoms with Crippen molar-refractivity contribution in [1.82, 2.24) is 0 Å². The third-order valence-corrected chi connectivity index (χ3v) is 3.92. The molecule has 0 amide bonds. The molecule has 0 aromatic heterocycles. The van der Waals surface area contributed by atoms with Gasteiger partial charge in [0.2, 0.25) is 5.78 Å². The van der Waals surface area contributed by atoms with E-state index in [4.69, 9.17) is 14.2 Å². The Morgan fingerprint density at radius 2 is 2.04 bits per heavy atom. The minimum atomic E-state index is -0.118. The molecule has 0 N–H and O–H groups in total. The first-order valence-corrected chi connectivity index (χ1v) is 7.88. The van der Waals surface area contributed by atoms with Gasteiger partial charge in [-0.3, -0.25) is 4.79 Å². The lowest BCUT2D eigenvalue weighted by Crippen LogP contribution is -2.08. The van der Waals surface area contributed by atoms with Crippen LogP contribution < -0.4 is 14.2 Å². The molecule has 4 nitrogen and oxygen atoms in total. The van der Waals surface area contributed by atoms with E-state index in [0.717, 1.165) is 16.9 Å². The summed E-state index contributed by atoms with van der Waals surface area (Å²) in [7, 11) is 0. The van der Waals surface area contributed by atoms with Crippen molar-refractivity contribution >= 4 is 11.9 Å². The Kier molecular flexibility index (Phi) is 3.58. The van der Waals surface area contributed by atoms with E-state index in [-0.39, 0.29) is 5.78 Å². The first kappa shape index (κ1) is 14.6. The maximum Gasteiger partial charge on any atom is 0.231 e. The zero-order chi connectivity index (χ0) is 16.5. The normalized spacial score (nSPS) is 16.8. The van der Waals surface area contributed by atoms with Crippen LogP contribution in [0.25, 0.3) is 6.08 Å². The van der Waals surface area contributed by atoms with Crippen LogP contribution in [0.1, 0.15) is 22.8 Å². The number of fused-ring (bicyclic) bond motifs is 2. The van der Waals surface area contributed by atoms with Crippen molar-refractivity contribution in [3.8, 4) is 17.2 Å². The Balaban J connectivity index is 1.63. The quantitative estimate of drug-likeness (QED) is 0.801. The molecule has 0 spiro atoms. The number of ether oxygens (including phenoxy) is 3. The summed E-state index contributed by atoms with van der Waals surface area (Å²) in [6.45, 7) is 2.90. The van der Waals surface area contributed by atoms with E-state index >= 15 is 0 Å². The fourth-order valence-corrected chi connectivity index (χ4v) is 2.81. The molecule has 0 radical (unpaired) electrons. The van der Waals surface area contributed by atoms with Crippen molar-refractivity contribution in [2.75, 3.05) is 13.2 Å². The third kappa shape index (κ3) is 2.56. The molecule has 0 fully saturated rings. The van der Waals surface area contributed by atoms with Crippen LogP contribution in [0.3, 0.4) is 0 Å². The summed E-state index contributed by atoms with van der Waals surface area (Å²) in [5.41, 5.74) is 2.45. The van der Waals surface area contributed by atoms with E-state index in [2.05, 4.69) is 0 Å². The Hall–Kier alpha value is -3.01. The summed E-state index contributed by atoms with van der Waals surface area (Å²) >= 11 is 0. The van der Waals surface area contributed by atoms with E-state index in [1.54, 1.807) is 24.3 Å². The van der Waals surface area contributed by atoms with Crippen LogP contribution in [0.5, 0.6) is 17.2 Å². The number of carbonyl (C=O) groups is 1. The van der Waals surface area contributed by atoms with Gasteiger partial charge in [0.05, 0.1) is 12.2 Å². The lowest BCUT2D eigenvalue weighted by Gasteiger charge is -2.15. The summed E-state index contributed by atoms with van der Waals surface area (Å²) < 4.78 is 16.9. The number of hydrogen-bond acceptors (Lipinski definition) is 4. The van der Waals surface area contributed by atoms with E-state index in [1.807, 2.05) is 37.3 Å². The Morgan fingerprint density at radius 3 is 2.92 bits per heavy atom. The van der Waals surface area contributed by atoms with Crippen molar-refractivity contribution in [2.45, 2.75) is 6.92 Å². The molecule has 2 aliphatic heterocycles. The molecule has 4 rings (SSSR count). The molecule has 0 saturated heterocycles. The van der Waals surface area contributed by atoms with E-state index in [9.17, 15) is 4.79 Å². The second-order valence-electron chi connectivity index (χ2n) is 5.58. The third-order valence-electron chi connectivity index (χ3n) is 3.92. The van der Waals surface area contributed by atoms with Gasteiger partial charge in [0, 0.05) is 11.6 Å². The predicted molar refractivity (Wildman–Crippen MR) is 90.6 cm³/mol. The summed E-state index contributed by atoms with van der Waals surface area (Å²) in [5, 5.41) is 0. The van der Waals surface area contributed by atoms with Crippen molar-refractivity contribution in [3.05, 3.63) is 71.0 Å². The van der Waals surface area contributed by atoms with Gasteiger partial charge in [-0.2, -0.15) is 0 Å². The minimum absolute atomic E-state index is 0.118. The van der Waals surface area contributed by atoms with Gasteiger partial charge in [-0.25, -0.2) is 0 Å². The second kappa shape index (κ2) is 5.89. The number of rotatable bonds is 3. The van der Waals surface area contributed by atoms with Crippen molar-refractivity contribution < 1.29 is 19.0 Å². The highest BCUT2D eigenvalue weighted by atomic mass is 16.5. The van der Waals surface area contributed by atoms with Gasteiger partial charge in [0.15, 0.2) is 5.76 Å². The molecule has 0 unspecified atom stereocenters. The van der Waals surface area contributed by atoms with E-state index in [0.29, 0.717) is 36.0 Å². The molecular weight excluding hydrogens is 304 g/mol. The number of ketones is 1. The average Bonchev–Trinajstić information content (AvgIpc) is 2.90. The molecule has 120 valence electrons. The summed E-state index contributed by atoms with van der Waals surface area (Å²) in [4.78, 5) is 12.5. The van der Waals surface area contributed by atoms with Gasteiger partial charge in [-0.15, -0.1) is 0 Å². The zero-order valence-corrected chi connectivity index (χ0v) is 13.2. The highest BCUT2D eigenvalue weighted by Crippen LogP contribution is 2.35. The molecular formula is C20H16O4. The van der Waals surface area contributed by atoms with E-state index < -0.39 is 0 Å². The van der Waals surface area contributed by atoms with Crippen LogP contribution in [-0.4, -0.2) is 19.0 Å². The summed E-state index contributed by atoms with van der Waals surface area (Å²) in [5.74, 6) is 2.28. The second-order valence-corrected chi connectivity index (χ2v) is 5.58. The van der Waals surface area contributed by atoms with Gasteiger partial charge < -0.3 is 14.2 Å². The fraction of sp³-hybridized carbons (Fsp3) is 0.150. The molecule has 2 aromatic carbocycles. The number of hydrogen-bond donors (Lipinski definition) is 0. The van der Waals surface area contributed by atoms with Crippen LogP contribution in [0.2, 0.25) is 0 Å². The molecule has 0 aliphatic carbocycles. The average molecular weight is 320 g/mol. The topological polar surface area (TPSA) is 44.8 Å². The molecule has 2 aromatic rings. The van der Waals surface area contributed by atoms with Crippen molar-refractivity contribution in [1.29, 1.82) is 0 Å². The van der Waals surface area contributed by atoms with Crippen molar-refractivity contribution in [2.24, 2.45) is 0 Å². The number of carbonyl (C=O) groups excluding carboxylic acids is 1. The van der Waals surface area contributed by atoms with E-state index in [1.165, 1.54) is 0 Å². The smallest absolute Gasteiger partial charge is 0.231 e. The number of Topliss-reactive ketones (excluding diaryl/α,β-unsaturated/α-hetero) is 1. The Labute approximate surface area is 140 Å². The molecule has 24 heavy (non-hydrogen) atoms. The fourth-order valence-electron chi connectivity index (χ4n) is 2.81. The Morgan fingerprint density at radius 1 is 1.17 bits per heavy atom. The highest BCUT2D eigenvalue weighted by Gasteiger charge is 2.28. The molecule has 0 bridgehead atoms. The van der Waals surface area contributed by atoms with Crippen LogP contribution in [0.15, 0.2) is 59.9 Å². The van der Waals surface area contributed by atoms with Crippen LogP contribution >= 0.6 is 0 Å². The molecule has 0 saturated carbocycles. The maximum absolute atomic E-state index is 12.5. The largest absolute Gasteiger partial charge is 0.494 e. The number of para-hydroxylation sites is 1. The van der Waals surface area contributed by atoms with Crippen LogP contribution in [0, 0.1) is 0 Å². The molecule has 4 heteroatoms. The SMILES string of the molecule is CCOc1ccc2c(c1)O/C(=C\C1=Cc3ccccc3OC1)C2=O. The van der Waals surface area contributed by atoms with Gasteiger partial charge in [0.25, 0.3) is 0 Å². The summed E-state index contributed by atoms with van der Waals surface area (Å²) in [6, 6.07) is 13.1. The number of allylic oxidation sites excluding steroid dienone is 1. The monoisotopic (exact) mass is 320 g/mol. The van der Waals surface area contributed by atoms with Gasteiger partial charge in [-0.1, -0.05) is 18.2 Å². The first-order chi connectivity index (χ1) is 11.7. The summed E-state index contributed by atoms with van der Waals surface area (Å²) in [6.07, 6.45) is 3.76. The molecule has 2 aliphatic rings. The lowest BCUT2D eigenvalue weighted by atomic mass is 10.1. The molecule has 0 atom stereocenters. The first-order valence-electron chi connectivity index (χ1n) is 7.88. The standard InChI is InChI=1S/C20H16O4/c1-2-22-15-7-8-16-18(11-15)24-19(20(16)21)10-13-9-14-5-3-4-6-17(14)23-12-13/h3-11H,2,12H2,1H3/b19-10-. The van der Waals surface area contributed by atoms with Gasteiger partial charge in [0.1, 0.15) is 23.9 Å².